The lowest BCUT2D eigenvalue weighted by atomic mass is 10.0. The Hall–Kier alpha value is -1.60. The molecule has 2 N–H and O–H groups in total. The molecule has 0 heterocycles. The second-order valence-electron chi connectivity index (χ2n) is 6.14. The molecule has 1 unspecified atom stereocenters. The first-order valence-corrected chi connectivity index (χ1v) is 9.49. The number of hydrogen-bond donors (Lipinski definition) is 2. The highest BCUT2D eigenvalue weighted by Crippen LogP contribution is 2.49. The number of carboxylic acids is 1. The van der Waals surface area contributed by atoms with Crippen molar-refractivity contribution in [2.45, 2.75) is 25.3 Å². The van der Waals surface area contributed by atoms with Crippen molar-refractivity contribution in [3.63, 3.8) is 0 Å². The summed E-state index contributed by atoms with van der Waals surface area (Å²) in [5, 5.41) is 12.2. The molecule has 1 aliphatic carbocycles. The van der Waals surface area contributed by atoms with E-state index in [4.69, 9.17) is 11.6 Å². The van der Waals surface area contributed by atoms with Crippen LogP contribution in [0.1, 0.15) is 30.9 Å². The highest BCUT2D eigenvalue weighted by atomic mass is 35.5. The quantitative estimate of drug-likeness (QED) is 0.773. The number of sulfone groups is 1. The van der Waals surface area contributed by atoms with Crippen molar-refractivity contribution in [3.8, 4) is 0 Å². The number of halogens is 1. The molecule has 0 radical (unpaired) electrons. The van der Waals surface area contributed by atoms with E-state index in [9.17, 15) is 23.1 Å². The fourth-order valence-electron chi connectivity index (χ4n) is 2.60. The van der Waals surface area contributed by atoms with Gasteiger partial charge in [-0.1, -0.05) is 23.7 Å². The summed E-state index contributed by atoms with van der Waals surface area (Å²) < 4.78 is 22.8. The van der Waals surface area contributed by atoms with Crippen LogP contribution in [0.3, 0.4) is 0 Å². The van der Waals surface area contributed by atoms with Gasteiger partial charge in [-0.15, -0.1) is 0 Å². The zero-order valence-corrected chi connectivity index (χ0v) is 14.2. The van der Waals surface area contributed by atoms with Crippen LogP contribution in [0.25, 0.3) is 0 Å². The van der Waals surface area contributed by atoms with Crippen molar-refractivity contribution >= 4 is 33.3 Å². The molecular weight excluding hydrogens is 342 g/mol. The Morgan fingerprint density at radius 2 is 1.87 bits per heavy atom. The smallest absolute Gasteiger partial charge is 0.330 e. The summed E-state index contributed by atoms with van der Waals surface area (Å²) in [4.78, 5) is 23.5. The Bertz CT molecular complexity index is 710. The van der Waals surface area contributed by atoms with Gasteiger partial charge in [0.1, 0.15) is 9.84 Å². The molecule has 23 heavy (non-hydrogen) atoms. The zero-order chi connectivity index (χ0) is 17.3. The molecule has 6 nitrogen and oxygen atoms in total. The van der Waals surface area contributed by atoms with Crippen LogP contribution in [0.5, 0.6) is 0 Å². The fourth-order valence-corrected chi connectivity index (χ4v) is 4.23. The molecule has 0 aliphatic heterocycles. The van der Waals surface area contributed by atoms with Crippen molar-refractivity contribution in [1.29, 1.82) is 0 Å². The van der Waals surface area contributed by atoms with Crippen molar-refractivity contribution in [3.05, 3.63) is 34.9 Å². The van der Waals surface area contributed by atoms with Gasteiger partial charge in [-0.3, -0.25) is 4.79 Å². The molecule has 1 atom stereocenters. The number of carboxylic acid groups (broad SMARTS) is 1. The first-order chi connectivity index (χ1) is 10.6. The number of hydrogen-bond acceptors (Lipinski definition) is 4. The second kappa shape index (κ2) is 6.49. The molecule has 0 saturated heterocycles. The number of aliphatic carboxylic acids is 1. The third-order valence-corrected chi connectivity index (χ3v) is 5.21. The Morgan fingerprint density at radius 1 is 1.30 bits per heavy atom. The lowest BCUT2D eigenvalue weighted by Crippen LogP contribution is -2.35. The van der Waals surface area contributed by atoms with Crippen LogP contribution in [0.4, 0.5) is 0 Å². The summed E-state index contributed by atoms with van der Waals surface area (Å²) >= 11 is 5.77. The van der Waals surface area contributed by atoms with Crippen LogP contribution in [0.15, 0.2) is 24.3 Å². The largest absolute Gasteiger partial charge is 0.479 e. The number of carbonyl (C=O) groups excluding carboxylic acids is 1. The molecule has 0 aromatic heterocycles. The molecule has 8 heteroatoms. The van der Waals surface area contributed by atoms with E-state index < -0.39 is 33.2 Å². The van der Waals surface area contributed by atoms with Crippen molar-refractivity contribution in [2.75, 3.05) is 12.0 Å². The van der Waals surface area contributed by atoms with E-state index in [0.29, 0.717) is 23.4 Å². The predicted octanol–water partition coefficient (Wildman–Crippen LogP) is 1.80. The average molecular weight is 360 g/mol. The standard InChI is InChI=1S/C15H18ClNO5S/c1-23(21,22)9-15(6-7-15)8-12(18)17-13(14(19)20)10-2-4-11(16)5-3-10/h2-5,13H,6-9H2,1H3,(H,17,18)(H,19,20). The Morgan fingerprint density at radius 3 is 2.30 bits per heavy atom. The summed E-state index contributed by atoms with van der Waals surface area (Å²) in [6.07, 6.45) is 2.47. The maximum atomic E-state index is 12.1. The van der Waals surface area contributed by atoms with Gasteiger partial charge >= 0.3 is 5.97 Å². The highest BCUT2D eigenvalue weighted by Gasteiger charge is 2.47. The first-order valence-electron chi connectivity index (χ1n) is 7.06. The monoisotopic (exact) mass is 359 g/mol. The van der Waals surface area contributed by atoms with Crippen LogP contribution < -0.4 is 5.32 Å². The topological polar surface area (TPSA) is 101 Å². The number of carbonyl (C=O) groups is 2. The van der Waals surface area contributed by atoms with Crippen LogP contribution in [-0.4, -0.2) is 37.4 Å². The second-order valence-corrected chi connectivity index (χ2v) is 8.71. The van der Waals surface area contributed by atoms with Gasteiger partial charge in [-0.25, -0.2) is 13.2 Å². The molecule has 1 aliphatic rings. The summed E-state index contributed by atoms with van der Waals surface area (Å²) in [6, 6.07) is 4.97. The predicted molar refractivity (Wildman–Crippen MR) is 86.0 cm³/mol. The molecule has 1 amide bonds. The molecule has 1 aromatic carbocycles. The van der Waals surface area contributed by atoms with E-state index in [0.717, 1.165) is 6.26 Å². The maximum absolute atomic E-state index is 12.1. The van der Waals surface area contributed by atoms with E-state index in [1.807, 2.05) is 0 Å². The number of benzene rings is 1. The number of rotatable bonds is 7. The minimum absolute atomic E-state index is 0.0113. The Labute approximate surface area is 139 Å². The maximum Gasteiger partial charge on any atom is 0.330 e. The lowest BCUT2D eigenvalue weighted by Gasteiger charge is -2.18. The van der Waals surface area contributed by atoms with E-state index in [1.165, 1.54) is 12.1 Å². The van der Waals surface area contributed by atoms with Gasteiger partial charge in [-0.2, -0.15) is 0 Å². The lowest BCUT2D eigenvalue weighted by molar-refractivity contribution is -0.142. The summed E-state index contributed by atoms with van der Waals surface area (Å²) in [7, 11) is -3.18. The minimum Gasteiger partial charge on any atom is -0.479 e. The van der Waals surface area contributed by atoms with Crippen LogP contribution >= 0.6 is 11.6 Å². The minimum atomic E-state index is -3.18. The molecule has 1 saturated carbocycles. The average Bonchev–Trinajstić information content (AvgIpc) is 3.13. The van der Waals surface area contributed by atoms with Gasteiger partial charge in [0.15, 0.2) is 6.04 Å². The molecule has 1 fully saturated rings. The summed E-state index contributed by atoms with van der Waals surface area (Å²) in [6.45, 7) is 0. The number of nitrogens with one attached hydrogen (secondary N) is 1. The fraction of sp³-hybridized carbons (Fsp3) is 0.467. The molecule has 0 bridgehead atoms. The molecule has 126 valence electrons. The van der Waals surface area contributed by atoms with Crippen LogP contribution in [0, 0.1) is 5.41 Å². The normalized spacial score (nSPS) is 17.3. The van der Waals surface area contributed by atoms with Gasteiger partial charge in [0.2, 0.25) is 5.91 Å². The van der Waals surface area contributed by atoms with Gasteiger partial charge < -0.3 is 10.4 Å². The van der Waals surface area contributed by atoms with E-state index in [-0.39, 0.29) is 12.2 Å². The van der Waals surface area contributed by atoms with Gasteiger partial charge in [0.05, 0.1) is 5.75 Å². The van der Waals surface area contributed by atoms with Crippen molar-refractivity contribution in [1.82, 2.24) is 5.32 Å². The Balaban J connectivity index is 2.05. The number of amides is 1. The third kappa shape index (κ3) is 5.21. The summed E-state index contributed by atoms with van der Waals surface area (Å²) in [5.74, 6) is -1.70. The van der Waals surface area contributed by atoms with Crippen LogP contribution in [0.2, 0.25) is 5.02 Å². The van der Waals surface area contributed by atoms with E-state index in [1.54, 1.807) is 12.1 Å². The third-order valence-electron chi connectivity index (χ3n) is 3.82. The molecule has 1 aromatic rings. The zero-order valence-electron chi connectivity index (χ0n) is 12.6. The van der Waals surface area contributed by atoms with Crippen molar-refractivity contribution < 1.29 is 23.1 Å². The van der Waals surface area contributed by atoms with Gasteiger partial charge in [0, 0.05) is 17.7 Å². The first kappa shape index (κ1) is 17.7. The Kier molecular flexibility index (Phi) is 5.01. The van der Waals surface area contributed by atoms with Gasteiger partial charge in [-0.05, 0) is 36.0 Å². The van der Waals surface area contributed by atoms with Crippen LogP contribution in [-0.2, 0) is 19.4 Å². The molecule has 2 rings (SSSR count). The summed E-state index contributed by atoms with van der Waals surface area (Å²) in [5.41, 5.74) is -0.135. The van der Waals surface area contributed by atoms with Gasteiger partial charge in [0.25, 0.3) is 0 Å². The van der Waals surface area contributed by atoms with E-state index >= 15 is 0 Å². The molecular formula is C15H18ClNO5S. The highest BCUT2D eigenvalue weighted by molar-refractivity contribution is 7.90. The SMILES string of the molecule is CS(=O)(=O)CC1(CC(=O)NC(C(=O)O)c2ccc(Cl)cc2)CC1. The van der Waals surface area contributed by atoms with Crippen molar-refractivity contribution in [2.24, 2.45) is 5.41 Å². The molecule has 0 spiro atoms. The van der Waals surface area contributed by atoms with E-state index in [2.05, 4.69) is 5.32 Å².